The van der Waals surface area contributed by atoms with Gasteiger partial charge in [-0.15, -0.1) is 5.10 Å². The first-order valence-electron chi connectivity index (χ1n) is 5.16. The number of aromatic nitrogens is 4. The Bertz CT molecular complexity index is 511. The van der Waals surface area contributed by atoms with Crippen LogP contribution in [0, 0.1) is 0 Å². The van der Waals surface area contributed by atoms with Crippen LogP contribution in [0.15, 0.2) is 18.2 Å². The summed E-state index contributed by atoms with van der Waals surface area (Å²) in [4.78, 5) is 0. The van der Waals surface area contributed by atoms with E-state index in [0.717, 1.165) is 6.54 Å². The lowest BCUT2D eigenvalue weighted by Gasteiger charge is -2.07. The molecule has 0 saturated heterocycles. The van der Waals surface area contributed by atoms with Crippen molar-refractivity contribution >= 4 is 23.2 Å². The van der Waals surface area contributed by atoms with Gasteiger partial charge in [0.25, 0.3) is 0 Å². The van der Waals surface area contributed by atoms with E-state index in [1.165, 1.54) is 0 Å². The number of hydrogen-bond donors (Lipinski definition) is 1. The Morgan fingerprint density at radius 3 is 2.94 bits per heavy atom. The van der Waals surface area contributed by atoms with E-state index in [-0.39, 0.29) is 0 Å². The van der Waals surface area contributed by atoms with E-state index in [1.54, 1.807) is 10.7 Å². The third kappa shape index (κ3) is 2.57. The molecule has 0 amide bonds. The van der Waals surface area contributed by atoms with Crippen molar-refractivity contribution in [2.45, 2.75) is 13.5 Å². The molecule has 1 aromatic heterocycles. The van der Waals surface area contributed by atoms with Gasteiger partial charge in [0.15, 0.2) is 5.82 Å². The Balaban J connectivity index is 2.39. The van der Waals surface area contributed by atoms with Crippen LogP contribution >= 0.6 is 23.2 Å². The summed E-state index contributed by atoms with van der Waals surface area (Å²) in [5.74, 6) is 0.691. The number of tetrazole rings is 1. The van der Waals surface area contributed by atoms with E-state index in [9.17, 15) is 0 Å². The van der Waals surface area contributed by atoms with Crippen LogP contribution in [0.25, 0.3) is 5.69 Å². The van der Waals surface area contributed by atoms with Crippen molar-refractivity contribution in [3.05, 3.63) is 34.1 Å². The van der Waals surface area contributed by atoms with E-state index in [1.807, 2.05) is 19.1 Å². The summed E-state index contributed by atoms with van der Waals surface area (Å²) in [5, 5.41) is 15.6. The Morgan fingerprint density at radius 1 is 1.35 bits per heavy atom. The Hall–Kier alpha value is -1.17. The molecule has 17 heavy (non-hydrogen) atoms. The predicted molar refractivity (Wildman–Crippen MR) is 66.6 cm³/mol. The van der Waals surface area contributed by atoms with Gasteiger partial charge in [0, 0.05) is 0 Å². The minimum atomic E-state index is 0.444. The van der Waals surface area contributed by atoms with E-state index < -0.39 is 0 Å². The summed E-state index contributed by atoms with van der Waals surface area (Å²) in [7, 11) is 0. The normalized spacial score (nSPS) is 10.8. The van der Waals surface area contributed by atoms with Gasteiger partial charge in [0.05, 0.1) is 22.3 Å². The highest BCUT2D eigenvalue weighted by atomic mass is 35.5. The van der Waals surface area contributed by atoms with E-state index in [0.29, 0.717) is 28.1 Å². The standard InChI is InChI=1S/C10H11Cl2N5/c1-2-13-6-9-14-15-16-17(9)8-5-3-4-7(11)10(8)12/h3-5,13H,2,6H2,1H3. The van der Waals surface area contributed by atoms with Crippen LogP contribution in [-0.2, 0) is 6.54 Å². The molecule has 1 N–H and O–H groups in total. The Kier molecular flexibility index (Phi) is 3.93. The zero-order chi connectivity index (χ0) is 12.3. The highest BCUT2D eigenvalue weighted by Gasteiger charge is 2.12. The molecule has 2 aromatic rings. The molecular formula is C10H11Cl2N5. The van der Waals surface area contributed by atoms with Gasteiger partial charge in [-0.2, -0.15) is 4.68 Å². The van der Waals surface area contributed by atoms with Gasteiger partial charge in [-0.05, 0) is 29.1 Å². The molecule has 0 saturated carbocycles. The second-order valence-electron chi connectivity index (χ2n) is 3.36. The van der Waals surface area contributed by atoms with Crippen LogP contribution in [0.1, 0.15) is 12.7 Å². The first kappa shape index (κ1) is 12.3. The van der Waals surface area contributed by atoms with Crippen LogP contribution in [0.4, 0.5) is 0 Å². The van der Waals surface area contributed by atoms with Gasteiger partial charge >= 0.3 is 0 Å². The predicted octanol–water partition coefficient (Wildman–Crippen LogP) is 2.08. The molecule has 0 unspecified atom stereocenters. The third-order valence-corrected chi connectivity index (χ3v) is 3.04. The monoisotopic (exact) mass is 271 g/mol. The van der Waals surface area contributed by atoms with Gasteiger partial charge in [-0.3, -0.25) is 0 Å². The van der Waals surface area contributed by atoms with Crippen LogP contribution in [0.5, 0.6) is 0 Å². The van der Waals surface area contributed by atoms with Crippen molar-refractivity contribution in [1.29, 1.82) is 0 Å². The zero-order valence-electron chi connectivity index (χ0n) is 9.19. The molecule has 0 radical (unpaired) electrons. The third-order valence-electron chi connectivity index (χ3n) is 2.23. The van der Waals surface area contributed by atoms with Gasteiger partial charge in [-0.1, -0.05) is 36.2 Å². The average Bonchev–Trinajstić information content (AvgIpc) is 2.78. The topological polar surface area (TPSA) is 55.6 Å². The first-order valence-corrected chi connectivity index (χ1v) is 5.92. The number of nitrogens with zero attached hydrogens (tertiary/aromatic N) is 4. The molecule has 0 atom stereocenters. The molecule has 0 aliphatic carbocycles. The Morgan fingerprint density at radius 2 is 2.18 bits per heavy atom. The molecule has 0 fully saturated rings. The Labute approximate surface area is 109 Å². The maximum absolute atomic E-state index is 6.12. The lowest BCUT2D eigenvalue weighted by Crippen LogP contribution is -2.16. The van der Waals surface area contributed by atoms with Crippen LogP contribution < -0.4 is 5.32 Å². The fourth-order valence-corrected chi connectivity index (χ4v) is 1.77. The molecule has 0 bridgehead atoms. The molecule has 0 aliphatic heterocycles. The lowest BCUT2D eigenvalue weighted by atomic mass is 10.3. The van der Waals surface area contributed by atoms with Crippen LogP contribution in [0.2, 0.25) is 10.0 Å². The summed E-state index contributed by atoms with van der Waals surface area (Å²) < 4.78 is 1.58. The first-order chi connectivity index (χ1) is 8.24. The number of halogens is 2. The van der Waals surface area contributed by atoms with Gasteiger partial charge in [-0.25, -0.2) is 0 Å². The fraction of sp³-hybridized carbons (Fsp3) is 0.300. The van der Waals surface area contributed by atoms with Crippen molar-refractivity contribution in [3.8, 4) is 5.69 Å². The molecule has 0 spiro atoms. The summed E-state index contributed by atoms with van der Waals surface area (Å²) in [6.45, 7) is 3.43. The number of benzene rings is 1. The number of nitrogens with one attached hydrogen (secondary N) is 1. The summed E-state index contributed by atoms with van der Waals surface area (Å²) in [6.07, 6.45) is 0. The molecule has 1 heterocycles. The summed E-state index contributed by atoms with van der Waals surface area (Å²) in [6, 6.07) is 5.35. The van der Waals surface area contributed by atoms with E-state index in [4.69, 9.17) is 23.2 Å². The van der Waals surface area contributed by atoms with Gasteiger partial charge in [0.2, 0.25) is 0 Å². The highest BCUT2D eigenvalue weighted by molar-refractivity contribution is 6.43. The minimum absolute atomic E-state index is 0.444. The minimum Gasteiger partial charge on any atom is -0.310 e. The lowest BCUT2D eigenvalue weighted by molar-refractivity contribution is 0.664. The number of hydrogen-bond acceptors (Lipinski definition) is 4. The molecule has 0 aliphatic rings. The second kappa shape index (κ2) is 5.44. The maximum atomic E-state index is 6.12. The van der Waals surface area contributed by atoms with E-state index in [2.05, 4.69) is 20.8 Å². The van der Waals surface area contributed by atoms with Gasteiger partial charge < -0.3 is 5.32 Å². The van der Waals surface area contributed by atoms with Crippen LogP contribution in [0.3, 0.4) is 0 Å². The average molecular weight is 272 g/mol. The van der Waals surface area contributed by atoms with Crippen molar-refractivity contribution in [2.24, 2.45) is 0 Å². The quantitative estimate of drug-likeness (QED) is 0.925. The SMILES string of the molecule is CCNCc1nnnn1-c1cccc(Cl)c1Cl. The molecule has 5 nitrogen and oxygen atoms in total. The van der Waals surface area contributed by atoms with Crippen molar-refractivity contribution in [2.75, 3.05) is 6.54 Å². The van der Waals surface area contributed by atoms with Crippen LogP contribution in [-0.4, -0.2) is 26.8 Å². The molecule has 2 rings (SSSR count). The molecule has 90 valence electrons. The van der Waals surface area contributed by atoms with Crippen molar-refractivity contribution < 1.29 is 0 Å². The van der Waals surface area contributed by atoms with Crippen molar-refractivity contribution in [1.82, 2.24) is 25.5 Å². The highest BCUT2D eigenvalue weighted by Crippen LogP contribution is 2.28. The maximum Gasteiger partial charge on any atom is 0.170 e. The fourth-order valence-electron chi connectivity index (χ4n) is 1.40. The molecule has 7 heteroatoms. The second-order valence-corrected chi connectivity index (χ2v) is 4.15. The summed E-state index contributed by atoms with van der Waals surface area (Å²) >= 11 is 12.1. The van der Waals surface area contributed by atoms with Gasteiger partial charge in [0.1, 0.15) is 0 Å². The summed E-state index contributed by atoms with van der Waals surface area (Å²) in [5.41, 5.74) is 0.678. The number of rotatable bonds is 4. The largest absolute Gasteiger partial charge is 0.310 e. The molecule has 1 aromatic carbocycles. The zero-order valence-corrected chi connectivity index (χ0v) is 10.7. The van der Waals surface area contributed by atoms with E-state index >= 15 is 0 Å². The smallest absolute Gasteiger partial charge is 0.170 e. The molecular weight excluding hydrogens is 261 g/mol. The van der Waals surface area contributed by atoms with Crippen molar-refractivity contribution in [3.63, 3.8) is 0 Å².